The molecule has 1 unspecified atom stereocenters. The Morgan fingerprint density at radius 3 is 2.29 bits per heavy atom. The van der Waals surface area contributed by atoms with Crippen LogP contribution in [0.5, 0.6) is 5.75 Å². The first-order valence-electron chi connectivity index (χ1n) is 17.4. The van der Waals surface area contributed by atoms with E-state index in [0.29, 0.717) is 43.1 Å². The van der Waals surface area contributed by atoms with E-state index >= 15 is 0 Å². The molecule has 0 bridgehead atoms. The van der Waals surface area contributed by atoms with Gasteiger partial charge in [-0.1, -0.05) is 54.0 Å². The summed E-state index contributed by atoms with van der Waals surface area (Å²) < 4.78 is 16.2. The number of hydrogen-bond acceptors (Lipinski definition) is 9. The minimum atomic E-state index is -0.839. The zero-order chi connectivity index (χ0) is 38.5. The summed E-state index contributed by atoms with van der Waals surface area (Å²) in [7, 11) is 1.24. The van der Waals surface area contributed by atoms with Crippen LogP contribution in [0.2, 0.25) is 10.0 Å². The molecule has 0 aliphatic heterocycles. The average molecular weight is 765 g/mol. The number of carbonyl (C=O) groups is 4. The van der Waals surface area contributed by atoms with Gasteiger partial charge in [-0.3, -0.25) is 19.3 Å². The number of benzene rings is 1. The number of methoxy groups -OCH3 is 1. The number of anilines is 1. The molecule has 1 aromatic carbocycles. The fourth-order valence-corrected chi connectivity index (χ4v) is 5.60. The molecule has 0 aliphatic carbocycles. The molecule has 3 amide bonds. The number of amides is 3. The third kappa shape index (κ3) is 17.3. The zero-order valence-corrected chi connectivity index (χ0v) is 32.2. The van der Waals surface area contributed by atoms with E-state index in [-0.39, 0.29) is 41.9 Å². The van der Waals surface area contributed by atoms with Crippen LogP contribution in [0.3, 0.4) is 0 Å². The van der Waals surface area contributed by atoms with Crippen molar-refractivity contribution in [1.82, 2.24) is 15.6 Å². The number of aromatic nitrogens is 1. The fraction of sp³-hybridized carbons (Fsp3) is 0.583. The Morgan fingerprint density at radius 2 is 1.65 bits per heavy atom. The number of azide groups is 1. The van der Waals surface area contributed by atoms with Crippen molar-refractivity contribution in [3.8, 4) is 5.75 Å². The molecule has 0 saturated carbocycles. The lowest BCUT2D eigenvalue weighted by atomic mass is 10.0. The SMILES string of the molecule is COC(=O)CC(NC(=O)CNC(=O)CCCCN(C(=O)OC(C)(C)C)c1cc(C)ccn1)c1cc(Cl)c(OCCCCCCCCN=[N+]=[N-])c(Cl)c1. The van der Waals surface area contributed by atoms with Crippen molar-refractivity contribution in [2.75, 3.05) is 38.3 Å². The van der Waals surface area contributed by atoms with Crippen LogP contribution in [-0.2, 0) is 23.9 Å². The van der Waals surface area contributed by atoms with Crippen molar-refractivity contribution in [1.29, 1.82) is 0 Å². The molecule has 2 aromatic rings. The molecule has 0 radical (unpaired) electrons. The Bertz CT molecular complexity index is 1510. The number of ether oxygens (including phenoxy) is 3. The summed E-state index contributed by atoms with van der Waals surface area (Å²) in [5.41, 5.74) is 9.03. The second-order valence-electron chi connectivity index (χ2n) is 13.2. The quantitative estimate of drug-likeness (QED) is 0.0395. The fourth-order valence-electron chi connectivity index (χ4n) is 4.98. The summed E-state index contributed by atoms with van der Waals surface area (Å²) in [6.45, 7) is 8.13. The average Bonchev–Trinajstić information content (AvgIpc) is 3.07. The highest BCUT2D eigenvalue weighted by molar-refractivity contribution is 6.37. The highest BCUT2D eigenvalue weighted by Crippen LogP contribution is 2.37. The number of nitrogens with zero attached hydrogens (tertiary/aromatic N) is 5. The highest BCUT2D eigenvalue weighted by Gasteiger charge is 2.25. The summed E-state index contributed by atoms with van der Waals surface area (Å²) in [5.74, 6) is -0.688. The first-order valence-corrected chi connectivity index (χ1v) is 18.2. The van der Waals surface area contributed by atoms with Crippen molar-refractivity contribution in [3.63, 3.8) is 0 Å². The van der Waals surface area contributed by atoms with Crippen molar-refractivity contribution in [2.45, 2.75) is 104 Å². The monoisotopic (exact) mass is 763 g/mol. The second kappa shape index (κ2) is 23.3. The number of hydrogen-bond donors (Lipinski definition) is 2. The van der Waals surface area contributed by atoms with Crippen LogP contribution in [0.4, 0.5) is 10.6 Å². The van der Waals surface area contributed by atoms with E-state index < -0.39 is 29.6 Å². The summed E-state index contributed by atoms with van der Waals surface area (Å²) in [6, 6.07) is 5.93. The van der Waals surface area contributed by atoms with Crippen LogP contribution in [0.15, 0.2) is 35.6 Å². The maximum atomic E-state index is 12.9. The number of unbranched alkanes of at least 4 members (excludes halogenated alkanes) is 6. The summed E-state index contributed by atoms with van der Waals surface area (Å²) in [6.07, 6.45) is 7.62. The number of pyridine rings is 1. The number of rotatable bonds is 22. The van der Waals surface area contributed by atoms with E-state index in [1.165, 1.54) is 12.0 Å². The van der Waals surface area contributed by atoms with Gasteiger partial charge in [0, 0.05) is 30.6 Å². The van der Waals surface area contributed by atoms with Gasteiger partial charge >= 0.3 is 12.1 Å². The maximum Gasteiger partial charge on any atom is 0.416 e. The number of esters is 1. The minimum Gasteiger partial charge on any atom is -0.490 e. The molecule has 52 heavy (non-hydrogen) atoms. The van der Waals surface area contributed by atoms with E-state index in [2.05, 4.69) is 25.6 Å². The van der Waals surface area contributed by atoms with Gasteiger partial charge in [0.15, 0.2) is 5.75 Å². The molecule has 1 heterocycles. The molecule has 0 fully saturated rings. The van der Waals surface area contributed by atoms with Crippen molar-refractivity contribution in [3.05, 3.63) is 62.1 Å². The molecule has 14 nitrogen and oxygen atoms in total. The van der Waals surface area contributed by atoms with Crippen LogP contribution in [0.1, 0.15) is 102 Å². The van der Waals surface area contributed by atoms with Crippen molar-refractivity contribution in [2.24, 2.45) is 5.11 Å². The van der Waals surface area contributed by atoms with Gasteiger partial charge in [0.05, 0.1) is 42.8 Å². The molecule has 2 N–H and O–H groups in total. The summed E-state index contributed by atoms with van der Waals surface area (Å²) >= 11 is 13.0. The van der Waals surface area contributed by atoms with E-state index in [1.807, 2.05) is 13.0 Å². The molecule has 0 spiro atoms. The van der Waals surface area contributed by atoms with Crippen LogP contribution in [0.25, 0.3) is 10.4 Å². The maximum absolute atomic E-state index is 12.9. The normalized spacial score (nSPS) is 11.5. The Morgan fingerprint density at radius 1 is 0.981 bits per heavy atom. The molecule has 286 valence electrons. The van der Waals surface area contributed by atoms with Crippen LogP contribution < -0.4 is 20.3 Å². The molecule has 0 saturated heterocycles. The Hall–Kier alpha value is -4.26. The number of halogens is 2. The van der Waals surface area contributed by atoms with Crippen LogP contribution in [0, 0.1) is 6.92 Å². The van der Waals surface area contributed by atoms with Crippen LogP contribution in [-0.4, -0.2) is 67.8 Å². The minimum absolute atomic E-state index is 0.119. The first-order chi connectivity index (χ1) is 24.7. The lowest BCUT2D eigenvalue weighted by Crippen LogP contribution is -2.39. The third-order valence-electron chi connectivity index (χ3n) is 7.59. The Labute approximate surface area is 315 Å². The van der Waals surface area contributed by atoms with Gasteiger partial charge in [-0.2, -0.15) is 0 Å². The van der Waals surface area contributed by atoms with E-state index in [0.717, 1.165) is 44.1 Å². The molecular weight excluding hydrogens is 713 g/mol. The predicted octanol–water partition coefficient (Wildman–Crippen LogP) is 8.18. The molecule has 1 aromatic heterocycles. The number of carbonyl (C=O) groups excluding carboxylic acids is 4. The van der Waals surface area contributed by atoms with Gasteiger partial charge in [0.1, 0.15) is 11.4 Å². The highest BCUT2D eigenvalue weighted by atomic mass is 35.5. The number of nitrogens with one attached hydrogen (secondary N) is 2. The summed E-state index contributed by atoms with van der Waals surface area (Å²) in [5, 5.41) is 9.33. The van der Waals surface area contributed by atoms with Crippen LogP contribution >= 0.6 is 23.2 Å². The molecule has 1 atom stereocenters. The zero-order valence-electron chi connectivity index (χ0n) is 30.7. The molecule has 2 rings (SSSR count). The van der Waals surface area contributed by atoms with Gasteiger partial charge in [-0.15, -0.1) is 0 Å². The van der Waals surface area contributed by atoms with Crippen molar-refractivity contribution >= 4 is 52.9 Å². The van der Waals surface area contributed by atoms with E-state index in [4.69, 9.17) is 42.9 Å². The first kappa shape index (κ1) is 43.9. The van der Waals surface area contributed by atoms with Gasteiger partial charge in [0.2, 0.25) is 11.8 Å². The van der Waals surface area contributed by atoms with E-state index in [9.17, 15) is 19.2 Å². The molecule has 16 heteroatoms. The molecular formula is C36H51Cl2N7O7. The van der Waals surface area contributed by atoms with Gasteiger partial charge in [-0.05, 0) is 94.3 Å². The third-order valence-corrected chi connectivity index (χ3v) is 8.15. The topological polar surface area (TPSA) is 185 Å². The van der Waals surface area contributed by atoms with Crippen molar-refractivity contribution < 1.29 is 33.4 Å². The van der Waals surface area contributed by atoms with Gasteiger partial charge in [-0.25, -0.2) is 9.78 Å². The predicted molar refractivity (Wildman–Crippen MR) is 201 cm³/mol. The lowest BCUT2D eigenvalue weighted by molar-refractivity contribution is -0.141. The molecule has 0 aliphatic rings. The Balaban J connectivity index is 1.88. The van der Waals surface area contributed by atoms with E-state index in [1.54, 1.807) is 45.2 Å². The second-order valence-corrected chi connectivity index (χ2v) is 14.0. The number of aryl methyl sites for hydroxylation is 1. The summed E-state index contributed by atoms with van der Waals surface area (Å²) in [4.78, 5) is 59.1. The standard InChI is InChI=1S/C36H51Cl2N7O7/c1-25-15-17-40-30(20-25)45(35(49)52-36(2,3)4)18-12-10-14-31(46)41-24-32(47)43-29(23-33(48)50-5)26-21-27(37)34(28(38)22-26)51-19-13-9-7-6-8-11-16-42-44-39/h15,17,20-22,29H,6-14,16,18-19,23-24H2,1-5H3,(H,41,46)(H,43,47). The van der Waals surface area contributed by atoms with Gasteiger partial charge < -0.3 is 24.8 Å². The lowest BCUT2D eigenvalue weighted by Gasteiger charge is -2.27. The Kier molecular flexibility index (Phi) is 19.7. The smallest absolute Gasteiger partial charge is 0.416 e. The largest absolute Gasteiger partial charge is 0.490 e. The van der Waals surface area contributed by atoms with Gasteiger partial charge in [0.25, 0.3) is 0 Å².